The molecule has 0 aliphatic carbocycles. The maximum absolute atomic E-state index is 12.5. The Bertz CT molecular complexity index is 705. The van der Waals surface area contributed by atoms with Crippen molar-refractivity contribution in [3.63, 3.8) is 0 Å². The first-order valence-electron chi connectivity index (χ1n) is 5.93. The number of aliphatic carboxylic acids is 1. The van der Waals surface area contributed by atoms with E-state index in [1.807, 2.05) is 0 Å². The van der Waals surface area contributed by atoms with Crippen LogP contribution in [0.15, 0.2) is 27.6 Å². The second-order valence-electron chi connectivity index (χ2n) is 4.48. The lowest BCUT2D eigenvalue weighted by Gasteiger charge is -2.20. The van der Waals surface area contributed by atoms with Crippen LogP contribution >= 0.6 is 15.9 Å². The van der Waals surface area contributed by atoms with Gasteiger partial charge < -0.3 is 5.11 Å². The molecule has 0 unspecified atom stereocenters. The molecule has 1 saturated heterocycles. The number of hydrogen-bond acceptors (Lipinski definition) is 5. The fraction of sp³-hybridized carbons (Fsp3) is 0.364. The molecule has 0 aromatic heterocycles. The number of carboxylic acids is 1. The minimum atomic E-state index is -4.00. The van der Waals surface area contributed by atoms with Crippen molar-refractivity contribution in [2.45, 2.75) is 23.8 Å². The molecule has 10 heteroatoms. The number of nitro groups is 1. The summed E-state index contributed by atoms with van der Waals surface area (Å²) in [5.41, 5.74) is -0.259. The lowest BCUT2D eigenvalue weighted by molar-refractivity contribution is -0.385. The molecule has 8 nitrogen and oxygen atoms in total. The van der Waals surface area contributed by atoms with Crippen LogP contribution in [0.25, 0.3) is 0 Å². The van der Waals surface area contributed by atoms with Gasteiger partial charge in [0.2, 0.25) is 10.0 Å². The van der Waals surface area contributed by atoms with Crippen molar-refractivity contribution in [3.05, 3.63) is 32.8 Å². The Morgan fingerprint density at radius 1 is 1.48 bits per heavy atom. The topological polar surface area (TPSA) is 118 Å². The van der Waals surface area contributed by atoms with Gasteiger partial charge in [-0.25, -0.2) is 8.42 Å². The van der Waals surface area contributed by atoms with Crippen molar-refractivity contribution in [2.75, 3.05) is 6.54 Å². The second kappa shape index (κ2) is 5.70. The third kappa shape index (κ3) is 2.92. The van der Waals surface area contributed by atoms with Crippen molar-refractivity contribution < 1.29 is 23.2 Å². The van der Waals surface area contributed by atoms with Gasteiger partial charge >= 0.3 is 5.97 Å². The van der Waals surface area contributed by atoms with Gasteiger partial charge in [0.15, 0.2) is 0 Å². The van der Waals surface area contributed by atoms with E-state index in [0.717, 1.165) is 22.5 Å². The average molecular weight is 379 g/mol. The van der Waals surface area contributed by atoms with E-state index in [1.165, 1.54) is 0 Å². The van der Waals surface area contributed by atoms with Crippen molar-refractivity contribution in [3.8, 4) is 0 Å². The number of carbonyl (C=O) groups is 1. The van der Waals surface area contributed by atoms with Gasteiger partial charge in [-0.2, -0.15) is 4.31 Å². The highest BCUT2D eigenvalue weighted by Gasteiger charge is 2.39. The van der Waals surface area contributed by atoms with Crippen LogP contribution in [0.3, 0.4) is 0 Å². The van der Waals surface area contributed by atoms with Gasteiger partial charge in [-0.15, -0.1) is 0 Å². The molecule has 114 valence electrons. The molecule has 1 atom stereocenters. The lowest BCUT2D eigenvalue weighted by Crippen LogP contribution is -2.40. The first-order chi connectivity index (χ1) is 9.75. The normalized spacial score (nSPS) is 19.6. The van der Waals surface area contributed by atoms with Crippen molar-refractivity contribution in [1.29, 1.82) is 0 Å². The third-order valence-electron chi connectivity index (χ3n) is 3.21. The van der Waals surface area contributed by atoms with Crippen LogP contribution in [0, 0.1) is 10.1 Å². The molecule has 1 N–H and O–H groups in total. The molecule has 0 saturated carbocycles. The van der Waals surface area contributed by atoms with E-state index in [2.05, 4.69) is 15.9 Å². The highest BCUT2D eigenvalue weighted by molar-refractivity contribution is 9.10. The van der Waals surface area contributed by atoms with Crippen LogP contribution in [0.4, 0.5) is 5.69 Å². The fourth-order valence-corrected chi connectivity index (χ4v) is 4.56. The van der Waals surface area contributed by atoms with Crippen molar-refractivity contribution >= 4 is 37.6 Å². The molecular formula is C11H11BrN2O6S. The van der Waals surface area contributed by atoms with E-state index < -0.39 is 27.0 Å². The Kier molecular flexibility index (Phi) is 4.30. The predicted octanol–water partition coefficient (Wildman–Crippen LogP) is 1.59. The minimum Gasteiger partial charge on any atom is -0.480 e. The summed E-state index contributed by atoms with van der Waals surface area (Å²) in [5, 5.41) is 19.8. The average Bonchev–Trinajstić information content (AvgIpc) is 2.88. The van der Waals surface area contributed by atoms with Crippen molar-refractivity contribution in [2.24, 2.45) is 0 Å². The molecule has 2 rings (SSSR count). The van der Waals surface area contributed by atoms with Gasteiger partial charge in [-0.3, -0.25) is 14.9 Å². The Balaban J connectivity index is 2.43. The first-order valence-corrected chi connectivity index (χ1v) is 8.17. The highest BCUT2D eigenvalue weighted by atomic mass is 79.9. The summed E-state index contributed by atoms with van der Waals surface area (Å²) in [6.45, 7) is 0.119. The SMILES string of the molecule is O=C(O)[C@H]1CCCN1S(=O)(=O)c1ccc([N+](=O)[O-])c(Br)c1. The molecule has 21 heavy (non-hydrogen) atoms. The van der Waals surface area contributed by atoms with Crippen LogP contribution in [0.1, 0.15) is 12.8 Å². The Labute approximate surface area is 128 Å². The number of rotatable bonds is 4. The van der Waals surface area contributed by atoms with E-state index in [4.69, 9.17) is 5.11 Å². The van der Waals surface area contributed by atoms with E-state index >= 15 is 0 Å². The zero-order chi connectivity index (χ0) is 15.8. The van der Waals surface area contributed by atoms with E-state index in [9.17, 15) is 23.3 Å². The summed E-state index contributed by atoms with van der Waals surface area (Å²) in [7, 11) is -4.00. The molecule has 1 fully saturated rings. The summed E-state index contributed by atoms with van der Waals surface area (Å²) >= 11 is 2.95. The van der Waals surface area contributed by atoms with Gasteiger partial charge in [0.25, 0.3) is 5.69 Å². The fourth-order valence-electron chi connectivity index (χ4n) is 2.21. The Hall–Kier alpha value is -1.52. The van der Waals surface area contributed by atoms with Gasteiger partial charge in [0.05, 0.1) is 14.3 Å². The molecule has 0 amide bonds. The highest BCUT2D eigenvalue weighted by Crippen LogP contribution is 2.31. The van der Waals surface area contributed by atoms with E-state index in [0.29, 0.717) is 6.42 Å². The smallest absolute Gasteiger partial charge is 0.322 e. The number of nitro benzene ring substituents is 1. The summed E-state index contributed by atoms with van der Waals surface area (Å²) < 4.78 is 25.9. The monoisotopic (exact) mass is 378 g/mol. The van der Waals surface area contributed by atoms with Crippen LogP contribution in [0.2, 0.25) is 0 Å². The quantitative estimate of drug-likeness (QED) is 0.627. The molecule has 1 aliphatic heterocycles. The third-order valence-corrected chi connectivity index (χ3v) is 5.75. The van der Waals surface area contributed by atoms with Gasteiger partial charge in [-0.05, 0) is 40.9 Å². The summed E-state index contributed by atoms with van der Waals surface area (Å²) in [5.74, 6) is -1.20. The van der Waals surface area contributed by atoms with Crippen LogP contribution in [-0.2, 0) is 14.8 Å². The number of halogens is 1. The largest absolute Gasteiger partial charge is 0.480 e. The van der Waals surface area contributed by atoms with Gasteiger partial charge in [0, 0.05) is 12.6 Å². The van der Waals surface area contributed by atoms with Gasteiger partial charge in [0.1, 0.15) is 6.04 Å². The number of carboxylic acid groups (broad SMARTS) is 1. The minimum absolute atomic E-state index is 0.0275. The molecule has 1 heterocycles. The van der Waals surface area contributed by atoms with Crippen molar-refractivity contribution in [1.82, 2.24) is 4.31 Å². The first kappa shape index (κ1) is 15.9. The molecule has 0 spiro atoms. The number of hydrogen-bond donors (Lipinski definition) is 1. The molecule has 1 aliphatic rings. The maximum atomic E-state index is 12.5. The Morgan fingerprint density at radius 3 is 2.67 bits per heavy atom. The van der Waals surface area contributed by atoms with Crippen LogP contribution in [0.5, 0.6) is 0 Å². The summed E-state index contributed by atoms with van der Waals surface area (Å²) in [6, 6.07) is 2.20. The number of benzene rings is 1. The predicted molar refractivity (Wildman–Crippen MR) is 75.3 cm³/mol. The molecule has 0 bridgehead atoms. The molecule has 1 aromatic carbocycles. The lowest BCUT2D eigenvalue weighted by atomic mass is 10.2. The molecular weight excluding hydrogens is 368 g/mol. The summed E-state index contributed by atoms with van der Waals surface area (Å²) in [6.07, 6.45) is 0.715. The number of nitrogens with zero attached hydrogens (tertiary/aromatic N) is 2. The molecule has 0 radical (unpaired) electrons. The maximum Gasteiger partial charge on any atom is 0.322 e. The van der Waals surface area contributed by atoms with Crippen LogP contribution in [-0.4, -0.2) is 41.3 Å². The van der Waals surface area contributed by atoms with E-state index in [-0.39, 0.29) is 28.0 Å². The van der Waals surface area contributed by atoms with E-state index in [1.54, 1.807) is 0 Å². The standard InChI is InChI=1S/C11H11BrN2O6S/c12-8-6-7(3-4-9(8)14(17)18)21(19,20)13-5-1-2-10(13)11(15)16/h3-4,6,10H,1-2,5H2,(H,15,16)/t10-/m1/s1. The molecule has 1 aromatic rings. The zero-order valence-electron chi connectivity index (χ0n) is 10.6. The second-order valence-corrected chi connectivity index (χ2v) is 7.23. The Morgan fingerprint density at radius 2 is 2.14 bits per heavy atom. The number of sulfonamides is 1. The van der Waals surface area contributed by atoms with Gasteiger partial charge in [-0.1, -0.05) is 0 Å². The summed E-state index contributed by atoms with van der Waals surface area (Å²) in [4.78, 5) is 21.0. The van der Waals surface area contributed by atoms with Crippen LogP contribution < -0.4 is 0 Å². The zero-order valence-corrected chi connectivity index (χ0v) is 13.0.